The van der Waals surface area contributed by atoms with Gasteiger partial charge in [0.2, 0.25) is 0 Å². The van der Waals surface area contributed by atoms with Gasteiger partial charge in [0.15, 0.2) is 6.29 Å². The second-order valence-corrected chi connectivity index (χ2v) is 1.67. The maximum atomic E-state index is 9.54. The normalized spacial score (nSPS) is 6.62. The highest BCUT2D eigenvalue weighted by Gasteiger charge is 1.77. The Morgan fingerprint density at radius 1 is 1.88 bits per heavy atom. The largest absolute Gasteiger partial charge is 0.289 e. The van der Waals surface area contributed by atoms with Crippen molar-refractivity contribution >= 4 is 17.9 Å². The molecule has 8 heavy (non-hydrogen) atoms. The molecule has 0 aromatic carbocycles. The fourth-order valence-corrected chi connectivity index (χ4v) is 0.255. The van der Waals surface area contributed by atoms with E-state index in [9.17, 15) is 4.79 Å². The lowest BCUT2D eigenvalue weighted by atomic mass is 10.4. The molecule has 0 unspecified atom stereocenters. The highest BCUT2D eigenvalue weighted by atomic mass is 35.5. The van der Waals surface area contributed by atoms with E-state index in [2.05, 4.69) is 18.4 Å². The van der Waals surface area contributed by atoms with Gasteiger partial charge in [0.05, 0.1) is 0 Å². The minimum absolute atomic E-state index is 0.389. The first-order valence-electron chi connectivity index (χ1n) is 2.02. The molecule has 2 heteroatoms. The van der Waals surface area contributed by atoms with Crippen LogP contribution in [0.2, 0.25) is 0 Å². The van der Waals surface area contributed by atoms with Crippen LogP contribution in [0.1, 0.15) is 6.42 Å². The topological polar surface area (TPSA) is 17.1 Å². The average molecular weight is 129 g/mol. The third-order valence-corrected chi connectivity index (χ3v) is 0.575. The first kappa shape index (κ1) is 7.26. The second-order valence-electron chi connectivity index (χ2n) is 1.13. The van der Waals surface area contributed by atoms with Gasteiger partial charge in [0.25, 0.3) is 0 Å². The third-order valence-electron chi connectivity index (χ3n) is 0.441. The highest BCUT2D eigenvalue weighted by molar-refractivity contribution is 6.29. The molecular formula is C6H5ClO. The number of carbonyl (C=O) groups is 1. The van der Waals surface area contributed by atoms with Gasteiger partial charge in [0, 0.05) is 11.5 Å². The maximum absolute atomic E-state index is 9.54. The van der Waals surface area contributed by atoms with Crippen LogP contribution in [0.15, 0.2) is 11.6 Å². The molecule has 0 aromatic heterocycles. The zero-order chi connectivity index (χ0) is 6.41. The Bertz CT molecular complexity index is 150. The zero-order valence-electron chi connectivity index (χ0n) is 4.28. The minimum atomic E-state index is 0.389. The van der Waals surface area contributed by atoms with Gasteiger partial charge in [-0.15, -0.1) is 0 Å². The number of allylic oxidation sites excluding steroid dienone is 1. The highest BCUT2D eigenvalue weighted by Crippen LogP contribution is 1.99. The molecule has 1 nitrogen and oxygen atoms in total. The van der Waals surface area contributed by atoms with Crippen LogP contribution in [0, 0.1) is 11.8 Å². The molecule has 0 saturated carbocycles. The van der Waals surface area contributed by atoms with Crippen molar-refractivity contribution in [2.75, 3.05) is 0 Å². The average Bonchev–Trinajstić information content (AvgIpc) is 1.66. The van der Waals surface area contributed by atoms with Crippen LogP contribution in [0.25, 0.3) is 0 Å². The molecule has 0 heterocycles. The number of hydrogen-bond donors (Lipinski definition) is 0. The maximum Gasteiger partial charge on any atom is 0.192 e. The summed E-state index contributed by atoms with van der Waals surface area (Å²) in [6.07, 6.45) is 0.917. The zero-order valence-corrected chi connectivity index (χ0v) is 5.03. The summed E-state index contributed by atoms with van der Waals surface area (Å²) in [5, 5.41) is 0.458. The molecule has 0 spiro atoms. The Morgan fingerprint density at radius 3 is 2.88 bits per heavy atom. The van der Waals surface area contributed by atoms with Crippen LogP contribution in [-0.2, 0) is 4.79 Å². The van der Waals surface area contributed by atoms with Crippen molar-refractivity contribution in [1.29, 1.82) is 0 Å². The van der Waals surface area contributed by atoms with E-state index >= 15 is 0 Å². The molecule has 0 radical (unpaired) electrons. The van der Waals surface area contributed by atoms with Gasteiger partial charge in [-0.05, 0) is 5.92 Å². The Labute approximate surface area is 53.3 Å². The Kier molecular flexibility index (Phi) is 4.01. The fraction of sp³-hybridized carbons (Fsp3) is 0.167. The quantitative estimate of drug-likeness (QED) is 0.385. The lowest BCUT2D eigenvalue weighted by Crippen LogP contribution is -1.64. The minimum Gasteiger partial charge on any atom is -0.289 e. The van der Waals surface area contributed by atoms with E-state index in [1.54, 1.807) is 0 Å². The van der Waals surface area contributed by atoms with E-state index in [0.29, 0.717) is 17.7 Å². The van der Waals surface area contributed by atoms with E-state index in [1.165, 1.54) is 0 Å². The summed E-state index contributed by atoms with van der Waals surface area (Å²) in [6.45, 7) is 3.37. The number of rotatable bonds is 1. The first-order chi connectivity index (χ1) is 3.77. The molecule has 0 aromatic rings. The van der Waals surface area contributed by atoms with E-state index < -0.39 is 0 Å². The lowest BCUT2D eigenvalue weighted by molar-refractivity contribution is -0.103. The predicted octanol–water partition coefficient (Wildman–Crippen LogP) is 1.33. The van der Waals surface area contributed by atoms with E-state index in [1.807, 2.05) is 0 Å². The van der Waals surface area contributed by atoms with Crippen molar-refractivity contribution in [2.24, 2.45) is 0 Å². The molecule has 0 aliphatic carbocycles. The smallest absolute Gasteiger partial charge is 0.192 e. The van der Waals surface area contributed by atoms with E-state index in [0.717, 1.165) is 0 Å². The van der Waals surface area contributed by atoms with Gasteiger partial charge in [-0.1, -0.05) is 24.1 Å². The summed E-state index contributed by atoms with van der Waals surface area (Å²) >= 11 is 5.30. The standard InChI is InChI=1S/C6H5ClO/c1-6(7)4-2-3-5-8/h5H,1,4H2. The summed E-state index contributed by atoms with van der Waals surface area (Å²) in [7, 11) is 0. The molecule has 0 amide bonds. The first-order valence-corrected chi connectivity index (χ1v) is 2.40. The lowest BCUT2D eigenvalue weighted by Gasteiger charge is -1.77. The second kappa shape index (κ2) is 4.42. The molecular weight excluding hydrogens is 124 g/mol. The predicted molar refractivity (Wildman–Crippen MR) is 33.4 cm³/mol. The third kappa shape index (κ3) is 5.26. The van der Waals surface area contributed by atoms with Crippen molar-refractivity contribution in [2.45, 2.75) is 6.42 Å². The van der Waals surface area contributed by atoms with Crippen LogP contribution in [-0.4, -0.2) is 6.29 Å². The number of aldehydes is 1. The molecule has 0 atom stereocenters. The van der Waals surface area contributed by atoms with Crippen LogP contribution in [0.3, 0.4) is 0 Å². The van der Waals surface area contributed by atoms with E-state index in [4.69, 9.17) is 11.6 Å². The van der Waals surface area contributed by atoms with Gasteiger partial charge in [-0.3, -0.25) is 4.79 Å². The molecule has 0 N–H and O–H groups in total. The summed E-state index contributed by atoms with van der Waals surface area (Å²) in [5.74, 6) is 4.69. The Hall–Kier alpha value is -0.740. The number of carbonyl (C=O) groups excluding carboxylic acids is 1. The Balaban J connectivity index is 3.43. The summed E-state index contributed by atoms with van der Waals surface area (Å²) in [5.41, 5.74) is 0. The summed E-state index contributed by atoms with van der Waals surface area (Å²) < 4.78 is 0. The van der Waals surface area contributed by atoms with Crippen LogP contribution < -0.4 is 0 Å². The van der Waals surface area contributed by atoms with Gasteiger partial charge in [0.1, 0.15) is 0 Å². The van der Waals surface area contributed by atoms with Crippen molar-refractivity contribution in [3.8, 4) is 11.8 Å². The number of halogens is 1. The SMILES string of the molecule is C=C(Cl)CC#CC=O. The molecule has 0 fully saturated rings. The molecule has 0 aliphatic rings. The van der Waals surface area contributed by atoms with Crippen molar-refractivity contribution in [1.82, 2.24) is 0 Å². The van der Waals surface area contributed by atoms with Gasteiger partial charge >= 0.3 is 0 Å². The van der Waals surface area contributed by atoms with Crippen molar-refractivity contribution in [3.05, 3.63) is 11.6 Å². The van der Waals surface area contributed by atoms with Gasteiger partial charge in [-0.2, -0.15) is 0 Å². The molecule has 0 bridgehead atoms. The fourth-order valence-electron chi connectivity index (χ4n) is 0.189. The molecule has 0 aliphatic heterocycles. The summed E-state index contributed by atoms with van der Waals surface area (Å²) in [6, 6.07) is 0. The van der Waals surface area contributed by atoms with Crippen molar-refractivity contribution in [3.63, 3.8) is 0 Å². The monoisotopic (exact) mass is 128 g/mol. The summed E-state index contributed by atoms with van der Waals surface area (Å²) in [4.78, 5) is 9.54. The molecule has 42 valence electrons. The number of hydrogen-bond acceptors (Lipinski definition) is 1. The van der Waals surface area contributed by atoms with Crippen LogP contribution in [0.4, 0.5) is 0 Å². The van der Waals surface area contributed by atoms with Crippen molar-refractivity contribution < 1.29 is 4.79 Å². The molecule has 0 saturated heterocycles. The van der Waals surface area contributed by atoms with Gasteiger partial charge in [-0.25, -0.2) is 0 Å². The van der Waals surface area contributed by atoms with Crippen LogP contribution in [0.5, 0.6) is 0 Å². The van der Waals surface area contributed by atoms with Crippen LogP contribution >= 0.6 is 11.6 Å². The Morgan fingerprint density at radius 2 is 2.50 bits per heavy atom. The van der Waals surface area contributed by atoms with E-state index in [-0.39, 0.29) is 0 Å². The molecule has 0 rings (SSSR count). The van der Waals surface area contributed by atoms with Gasteiger partial charge < -0.3 is 0 Å².